The van der Waals surface area contributed by atoms with Crippen molar-refractivity contribution in [1.82, 2.24) is 24.4 Å². The van der Waals surface area contributed by atoms with Crippen LogP contribution < -0.4 is 5.32 Å². The van der Waals surface area contributed by atoms with Crippen molar-refractivity contribution in [2.45, 2.75) is 13.3 Å². The molecular formula is C23H20N6O. The molecular weight excluding hydrogens is 376 g/mol. The van der Waals surface area contributed by atoms with E-state index in [1.165, 1.54) is 0 Å². The Hall–Kier alpha value is -4.00. The molecule has 0 aliphatic carbocycles. The third kappa shape index (κ3) is 3.20. The maximum Gasteiger partial charge on any atom is 0.228 e. The zero-order valence-electron chi connectivity index (χ0n) is 16.7. The minimum atomic E-state index is -0.0428. The molecule has 5 rings (SSSR count). The Morgan fingerprint density at radius 1 is 1.00 bits per heavy atom. The van der Waals surface area contributed by atoms with E-state index in [1.807, 2.05) is 79.3 Å². The van der Waals surface area contributed by atoms with Crippen LogP contribution in [0.1, 0.15) is 11.4 Å². The van der Waals surface area contributed by atoms with Gasteiger partial charge < -0.3 is 9.88 Å². The highest BCUT2D eigenvalue weighted by Crippen LogP contribution is 2.22. The number of carbonyl (C=O) groups is 1. The summed E-state index contributed by atoms with van der Waals surface area (Å²) < 4.78 is 3.77. The first-order valence-electron chi connectivity index (χ1n) is 9.71. The first-order chi connectivity index (χ1) is 14.6. The zero-order valence-corrected chi connectivity index (χ0v) is 16.7. The van der Waals surface area contributed by atoms with Crippen molar-refractivity contribution in [3.63, 3.8) is 0 Å². The first kappa shape index (κ1) is 18.1. The quantitative estimate of drug-likeness (QED) is 0.502. The van der Waals surface area contributed by atoms with E-state index >= 15 is 0 Å². The molecule has 0 unspecified atom stereocenters. The van der Waals surface area contributed by atoms with E-state index in [0.717, 1.165) is 39.2 Å². The van der Waals surface area contributed by atoms with E-state index < -0.39 is 0 Å². The molecule has 0 aliphatic heterocycles. The number of hydrogen-bond donors (Lipinski definition) is 1. The number of rotatable bonds is 4. The van der Waals surface area contributed by atoms with Crippen LogP contribution in [-0.4, -0.2) is 30.3 Å². The molecule has 0 saturated carbocycles. The Morgan fingerprint density at radius 3 is 2.63 bits per heavy atom. The van der Waals surface area contributed by atoms with Crippen molar-refractivity contribution in [3.8, 4) is 11.3 Å². The topological polar surface area (TPSA) is 77.1 Å². The van der Waals surface area contributed by atoms with Crippen molar-refractivity contribution >= 4 is 28.1 Å². The largest absolute Gasteiger partial charge is 0.350 e. The Bertz CT molecular complexity index is 1380. The normalized spacial score (nSPS) is 11.3. The number of aryl methyl sites for hydroxylation is 2. The van der Waals surface area contributed by atoms with Gasteiger partial charge in [0, 0.05) is 35.4 Å². The molecule has 0 fully saturated rings. The van der Waals surface area contributed by atoms with Crippen LogP contribution in [0.4, 0.5) is 5.69 Å². The van der Waals surface area contributed by atoms with Gasteiger partial charge in [-0.15, -0.1) is 10.2 Å². The summed E-state index contributed by atoms with van der Waals surface area (Å²) in [7, 11) is 2.00. The molecule has 148 valence electrons. The number of fused-ring (bicyclic) bond motifs is 2. The Morgan fingerprint density at radius 2 is 1.80 bits per heavy atom. The number of nitrogens with zero attached hydrogens (tertiary/aromatic N) is 5. The third-order valence-electron chi connectivity index (χ3n) is 5.21. The fourth-order valence-corrected chi connectivity index (χ4v) is 3.72. The molecule has 0 spiro atoms. The number of nitrogens with one attached hydrogen (secondary N) is 1. The molecule has 7 heteroatoms. The smallest absolute Gasteiger partial charge is 0.228 e. The van der Waals surface area contributed by atoms with Gasteiger partial charge in [0.25, 0.3) is 0 Å². The average molecular weight is 396 g/mol. The van der Waals surface area contributed by atoms with E-state index in [-0.39, 0.29) is 5.91 Å². The Balaban J connectivity index is 1.32. The summed E-state index contributed by atoms with van der Waals surface area (Å²) in [4.78, 5) is 12.6. The predicted octanol–water partition coefficient (Wildman–Crippen LogP) is 3.77. The third-order valence-corrected chi connectivity index (χ3v) is 5.21. The summed E-state index contributed by atoms with van der Waals surface area (Å²) in [6.07, 6.45) is 2.34. The average Bonchev–Trinajstić information content (AvgIpc) is 3.28. The van der Waals surface area contributed by atoms with Gasteiger partial charge in [-0.3, -0.25) is 4.79 Å². The molecule has 3 heterocycles. The van der Waals surface area contributed by atoms with Gasteiger partial charge in [-0.25, -0.2) is 0 Å². The lowest BCUT2D eigenvalue weighted by Gasteiger charge is -2.07. The zero-order chi connectivity index (χ0) is 20.7. The molecule has 2 aromatic carbocycles. The molecule has 0 bridgehead atoms. The Kier molecular flexibility index (Phi) is 4.28. The van der Waals surface area contributed by atoms with Crippen LogP contribution in [0.5, 0.6) is 0 Å². The second-order valence-corrected chi connectivity index (χ2v) is 7.32. The summed E-state index contributed by atoms with van der Waals surface area (Å²) in [5.41, 5.74) is 5.39. The molecule has 3 aromatic heterocycles. The van der Waals surface area contributed by atoms with Crippen molar-refractivity contribution in [3.05, 3.63) is 78.2 Å². The van der Waals surface area contributed by atoms with Crippen molar-refractivity contribution in [1.29, 1.82) is 0 Å². The number of carbonyl (C=O) groups excluding carboxylic acids is 1. The second-order valence-electron chi connectivity index (χ2n) is 7.32. The maximum atomic E-state index is 12.6. The van der Waals surface area contributed by atoms with Crippen LogP contribution >= 0.6 is 0 Å². The fraction of sp³-hybridized carbons (Fsp3) is 0.130. The number of anilines is 1. The van der Waals surface area contributed by atoms with Crippen molar-refractivity contribution in [2.75, 3.05) is 5.32 Å². The van der Waals surface area contributed by atoms with Crippen LogP contribution in [-0.2, 0) is 18.3 Å². The second kappa shape index (κ2) is 7.11. The fourth-order valence-electron chi connectivity index (χ4n) is 3.72. The molecule has 0 aliphatic rings. The predicted molar refractivity (Wildman–Crippen MR) is 116 cm³/mol. The van der Waals surface area contributed by atoms with Gasteiger partial charge in [-0.1, -0.05) is 30.3 Å². The van der Waals surface area contributed by atoms with Crippen LogP contribution in [0.2, 0.25) is 0 Å². The number of benzene rings is 2. The van der Waals surface area contributed by atoms with E-state index in [9.17, 15) is 4.79 Å². The van der Waals surface area contributed by atoms with Gasteiger partial charge in [0.05, 0.1) is 12.1 Å². The lowest BCUT2D eigenvalue weighted by Crippen LogP contribution is -2.14. The van der Waals surface area contributed by atoms with Gasteiger partial charge in [0.15, 0.2) is 11.5 Å². The van der Waals surface area contributed by atoms with Crippen LogP contribution in [0.15, 0.2) is 66.9 Å². The lowest BCUT2D eigenvalue weighted by atomic mass is 10.1. The van der Waals surface area contributed by atoms with Gasteiger partial charge in [-0.05, 0) is 42.8 Å². The molecule has 0 radical (unpaired) electrons. The molecule has 30 heavy (non-hydrogen) atoms. The molecule has 7 nitrogen and oxygen atoms in total. The number of amides is 1. The molecule has 1 amide bonds. The van der Waals surface area contributed by atoms with Crippen molar-refractivity contribution < 1.29 is 4.79 Å². The van der Waals surface area contributed by atoms with E-state index in [2.05, 4.69) is 26.7 Å². The minimum absolute atomic E-state index is 0.0428. The summed E-state index contributed by atoms with van der Waals surface area (Å²) in [6.45, 7) is 1.87. The minimum Gasteiger partial charge on any atom is -0.350 e. The maximum absolute atomic E-state index is 12.6. The number of para-hydroxylation sites is 1. The van der Waals surface area contributed by atoms with Gasteiger partial charge in [0.1, 0.15) is 0 Å². The molecule has 5 aromatic rings. The molecule has 0 atom stereocenters. The van der Waals surface area contributed by atoms with Crippen molar-refractivity contribution in [2.24, 2.45) is 7.05 Å². The molecule has 1 N–H and O–H groups in total. The highest BCUT2D eigenvalue weighted by atomic mass is 16.1. The van der Waals surface area contributed by atoms with Crippen LogP contribution in [0.25, 0.3) is 27.8 Å². The van der Waals surface area contributed by atoms with Gasteiger partial charge in [-0.2, -0.15) is 9.61 Å². The highest BCUT2D eigenvalue weighted by Gasteiger charge is 2.11. The molecule has 0 saturated heterocycles. The number of aromatic nitrogens is 5. The highest BCUT2D eigenvalue weighted by molar-refractivity contribution is 5.96. The SMILES string of the molecule is Cc1nnc2ccc(-c3ccc(NC(=O)Cc4cn(C)c5ccccc45)cc3)nn12. The lowest BCUT2D eigenvalue weighted by molar-refractivity contribution is -0.115. The summed E-state index contributed by atoms with van der Waals surface area (Å²) in [6, 6.07) is 19.6. The van der Waals surface area contributed by atoms with E-state index in [0.29, 0.717) is 12.1 Å². The van der Waals surface area contributed by atoms with E-state index in [4.69, 9.17) is 0 Å². The first-order valence-corrected chi connectivity index (χ1v) is 9.71. The monoisotopic (exact) mass is 396 g/mol. The summed E-state index contributed by atoms with van der Waals surface area (Å²) in [5, 5.41) is 16.8. The van der Waals surface area contributed by atoms with Crippen LogP contribution in [0.3, 0.4) is 0 Å². The summed E-state index contributed by atoms with van der Waals surface area (Å²) in [5.74, 6) is 0.697. The summed E-state index contributed by atoms with van der Waals surface area (Å²) >= 11 is 0. The van der Waals surface area contributed by atoms with Crippen LogP contribution in [0, 0.1) is 6.92 Å². The number of hydrogen-bond acceptors (Lipinski definition) is 4. The Labute approximate surface area is 173 Å². The standard InChI is InChI=1S/C23H20N6O/c1-15-25-26-22-12-11-20(27-29(15)22)16-7-9-18(10-8-16)24-23(30)13-17-14-28(2)21-6-4-3-5-19(17)21/h3-12,14H,13H2,1-2H3,(H,24,30). The van der Waals surface area contributed by atoms with Gasteiger partial charge >= 0.3 is 0 Å². The van der Waals surface area contributed by atoms with Gasteiger partial charge in [0.2, 0.25) is 5.91 Å². The van der Waals surface area contributed by atoms with E-state index in [1.54, 1.807) is 4.52 Å².